The molecule has 0 spiro atoms. The van der Waals surface area contributed by atoms with E-state index in [2.05, 4.69) is 15.5 Å². The van der Waals surface area contributed by atoms with Crippen molar-refractivity contribution in [3.8, 4) is 6.07 Å². The Morgan fingerprint density at radius 2 is 2.03 bits per heavy atom. The van der Waals surface area contributed by atoms with Crippen molar-refractivity contribution in [1.29, 1.82) is 5.26 Å². The molecular weight excluding hydrogens is 437 g/mol. The normalized spacial score (nSPS) is 10.4. The van der Waals surface area contributed by atoms with Crippen LogP contribution in [-0.4, -0.2) is 21.0 Å². The molecule has 2 aromatic carbocycles. The summed E-state index contributed by atoms with van der Waals surface area (Å²) in [5.74, 6) is -0.0694. The summed E-state index contributed by atoms with van der Waals surface area (Å²) in [7, 11) is 0. The van der Waals surface area contributed by atoms with Crippen LogP contribution in [0.3, 0.4) is 0 Å². The van der Waals surface area contributed by atoms with Gasteiger partial charge < -0.3 is 5.32 Å². The van der Waals surface area contributed by atoms with Gasteiger partial charge in [0.2, 0.25) is 0 Å². The van der Waals surface area contributed by atoms with E-state index in [1.807, 2.05) is 24.3 Å². The Kier molecular flexibility index (Phi) is 6.39. The highest BCUT2D eigenvalue weighted by atomic mass is 35.5. The van der Waals surface area contributed by atoms with Gasteiger partial charge in [-0.1, -0.05) is 53.2 Å². The van der Waals surface area contributed by atoms with Crippen LogP contribution in [0, 0.1) is 21.4 Å². The average molecular weight is 448 g/mol. The minimum atomic E-state index is -0.681. The average Bonchev–Trinajstić information content (AvgIpc) is 3.08. The molecule has 11 heteroatoms. The van der Waals surface area contributed by atoms with Crippen LogP contribution in [-0.2, 0) is 5.75 Å². The number of hydrogen-bond acceptors (Lipinski definition) is 6. The Labute approximate surface area is 179 Å². The number of aromatic nitrogens is 2. The van der Waals surface area contributed by atoms with Crippen molar-refractivity contribution in [3.05, 3.63) is 79.3 Å². The Balaban J connectivity index is 1.78. The predicted octanol–water partition coefficient (Wildman–Crippen LogP) is 5.04. The Morgan fingerprint density at radius 3 is 2.72 bits per heavy atom. The molecule has 0 aliphatic rings. The number of rotatable bonds is 6. The van der Waals surface area contributed by atoms with Gasteiger partial charge in [-0.15, -0.1) is 0 Å². The first-order chi connectivity index (χ1) is 13.9. The fourth-order valence-corrected chi connectivity index (χ4v) is 3.78. The number of hydrogen-bond donors (Lipinski definition) is 2. The van der Waals surface area contributed by atoms with Crippen molar-refractivity contribution in [3.63, 3.8) is 0 Å². The van der Waals surface area contributed by atoms with Gasteiger partial charge in [0.1, 0.15) is 27.5 Å². The van der Waals surface area contributed by atoms with E-state index in [1.165, 1.54) is 23.9 Å². The first-order valence-corrected chi connectivity index (χ1v) is 9.74. The first-order valence-electron chi connectivity index (χ1n) is 8.00. The predicted molar refractivity (Wildman–Crippen MR) is 110 cm³/mol. The lowest BCUT2D eigenvalue weighted by Gasteiger charge is -2.04. The molecule has 3 rings (SSSR count). The van der Waals surface area contributed by atoms with E-state index < -0.39 is 10.8 Å². The number of H-pyrrole nitrogens is 1. The second-order valence-corrected chi connectivity index (χ2v) is 7.43. The number of halogens is 2. The lowest BCUT2D eigenvalue weighted by Crippen LogP contribution is -2.13. The molecule has 29 heavy (non-hydrogen) atoms. The summed E-state index contributed by atoms with van der Waals surface area (Å²) in [5, 5.41) is 30.6. The van der Waals surface area contributed by atoms with Gasteiger partial charge >= 0.3 is 0 Å². The van der Waals surface area contributed by atoms with Gasteiger partial charge in [0.25, 0.3) is 11.6 Å². The minimum Gasteiger partial charge on any atom is -0.306 e. The zero-order chi connectivity index (χ0) is 21.0. The van der Waals surface area contributed by atoms with Crippen molar-refractivity contribution in [2.45, 2.75) is 10.8 Å². The number of nitrogens with one attached hydrogen (secondary N) is 2. The standard InChI is InChI=1S/C18H11Cl2N5O3S/c19-13-4-2-1-3-11(13)9-29-18-12(8-21)16(23-24-18)22-17(26)10-5-6-14(20)15(7-10)25(27)28/h1-7H,9H2,(H2,22,23,24,26). The van der Waals surface area contributed by atoms with E-state index in [1.54, 1.807) is 6.07 Å². The summed E-state index contributed by atoms with van der Waals surface area (Å²) in [4.78, 5) is 22.8. The molecule has 0 saturated heterocycles. The molecule has 8 nitrogen and oxygen atoms in total. The number of anilines is 1. The van der Waals surface area contributed by atoms with Crippen LogP contribution in [0.25, 0.3) is 0 Å². The van der Waals surface area contributed by atoms with E-state index in [9.17, 15) is 20.2 Å². The Morgan fingerprint density at radius 1 is 1.28 bits per heavy atom. The fraction of sp³-hybridized carbons (Fsp3) is 0.0556. The summed E-state index contributed by atoms with van der Waals surface area (Å²) in [6.45, 7) is 0. The number of benzene rings is 2. The number of aromatic amines is 1. The van der Waals surface area contributed by atoms with Gasteiger partial charge in [0, 0.05) is 22.4 Å². The maximum absolute atomic E-state index is 12.4. The van der Waals surface area contributed by atoms with Gasteiger partial charge in [-0.25, -0.2) is 0 Å². The number of amides is 1. The first kappa shape index (κ1) is 20.7. The second kappa shape index (κ2) is 8.96. The van der Waals surface area contributed by atoms with Crippen molar-refractivity contribution < 1.29 is 9.72 Å². The topological polar surface area (TPSA) is 125 Å². The molecule has 0 unspecified atom stereocenters. The number of thioether (sulfide) groups is 1. The Hall–Kier alpha value is -3.06. The Bertz CT molecular complexity index is 1140. The molecule has 2 N–H and O–H groups in total. The molecule has 1 amide bonds. The molecule has 0 atom stereocenters. The molecule has 0 fully saturated rings. The number of nitro benzene ring substituents is 1. The fourth-order valence-electron chi connectivity index (χ4n) is 2.37. The van der Waals surface area contributed by atoms with E-state index in [4.69, 9.17) is 23.2 Å². The molecule has 1 aromatic heterocycles. The summed E-state index contributed by atoms with van der Waals surface area (Å²) >= 11 is 13.2. The van der Waals surface area contributed by atoms with Crippen molar-refractivity contribution in [2.24, 2.45) is 0 Å². The molecule has 1 heterocycles. The van der Waals surface area contributed by atoms with Crippen LogP contribution in [0.2, 0.25) is 10.0 Å². The zero-order valence-electron chi connectivity index (χ0n) is 14.5. The third kappa shape index (κ3) is 4.68. The minimum absolute atomic E-state index is 0.0184. The van der Waals surface area contributed by atoms with Crippen LogP contribution >= 0.6 is 35.0 Å². The summed E-state index contributed by atoms with van der Waals surface area (Å²) < 4.78 is 0. The highest BCUT2D eigenvalue weighted by molar-refractivity contribution is 7.98. The monoisotopic (exact) mass is 447 g/mol. The summed E-state index contributed by atoms with van der Waals surface area (Å²) in [6.07, 6.45) is 0. The lowest BCUT2D eigenvalue weighted by molar-refractivity contribution is -0.384. The number of nitrogens with zero attached hydrogens (tertiary/aromatic N) is 3. The van der Waals surface area contributed by atoms with Crippen molar-refractivity contribution >= 4 is 52.4 Å². The number of nitro groups is 1. The largest absolute Gasteiger partial charge is 0.306 e. The number of carbonyl (C=O) groups is 1. The van der Waals surface area contributed by atoms with E-state index in [-0.39, 0.29) is 27.7 Å². The quantitative estimate of drug-likeness (QED) is 0.309. The van der Waals surface area contributed by atoms with Crippen LogP contribution in [0.5, 0.6) is 0 Å². The van der Waals surface area contributed by atoms with Crippen LogP contribution in [0.1, 0.15) is 21.5 Å². The number of carbonyl (C=O) groups excluding carboxylic acids is 1. The smallest absolute Gasteiger partial charge is 0.288 e. The summed E-state index contributed by atoms with van der Waals surface area (Å²) in [6, 6.07) is 13.0. The van der Waals surface area contributed by atoms with Gasteiger partial charge in [0.05, 0.1) is 4.92 Å². The molecule has 0 bridgehead atoms. The third-order valence-electron chi connectivity index (χ3n) is 3.81. The molecule has 3 aromatic rings. The highest BCUT2D eigenvalue weighted by Gasteiger charge is 2.20. The van der Waals surface area contributed by atoms with E-state index >= 15 is 0 Å². The third-order valence-corrected chi connectivity index (χ3v) is 5.52. The lowest BCUT2D eigenvalue weighted by atomic mass is 10.2. The molecular formula is C18H11Cl2N5O3S. The van der Waals surface area contributed by atoms with Crippen molar-refractivity contribution in [2.75, 3.05) is 5.32 Å². The van der Waals surface area contributed by atoms with E-state index in [0.717, 1.165) is 11.6 Å². The van der Waals surface area contributed by atoms with Gasteiger partial charge in [0.15, 0.2) is 0 Å². The summed E-state index contributed by atoms with van der Waals surface area (Å²) in [5.41, 5.74) is 0.661. The molecule has 146 valence electrons. The van der Waals surface area contributed by atoms with E-state index in [0.29, 0.717) is 15.8 Å². The maximum atomic E-state index is 12.4. The van der Waals surface area contributed by atoms with Gasteiger partial charge in [-0.05, 0) is 23.8 Å². The van der Waals surface area contributed by atoms with Crippen molar-refractivity contribution in [1.82, 2.24) is 10.2 Å². The highest BCUT2D eigenvalue weighted by Crippen LogP contribution is 2.31. The SMILES string of the molecule is N#Cc1c(SCc2ccccc2Cl)n[nH]c1NC(=O)c1ccc(Cl)c([N+](=O)[O-])c1. The van der Waals surface area contributed by atoms with Crippen LogP contribution in [0.15, 0.2) is 47.5 Å². The van der Waals surface area contributed by atoms with Crippen LogP contribution in [0.4, 0.5) is 11.5 Å². The zero-order valence-corrected chi connectivity index (χ0v) is 16.8. The molecule has 0 aliphatic heterocycles. The molecule has 0 saturated carbocycles. The maximum Gasteiger partial charge on any atom is 0.288 e. The van der Waals surface area contributed by atoms with Gasteiger partial charge in [-0.3, -0.25) is 20.0 Å². The molecule has 0 aliphatic carbocycles. The molecule has 0 radical (unpaired) electrons. The van der Waals surface area contributed by atoms with Gasteiger partial charge in [-0.2, -0.15) is 10.4 Å². The van der Waals surface area contributed by atoms with Crippen LogP contribution < -0.4 is 5.32 Å². The number of nitriles is 1. The second-order valence-electron chi connectivity index (χ2n) is 5.65.